The van der Waals surface area contributed by atoms with Crippen molar-refractivity contribution in [2.75, 3.05) is 39.6 Å². The molecule has 0 saturated carbocycles. The molecule has 18 heteroatoms. The van der Waals surface area contributed by atoms with Gasteiger partial charge in [0.15, 0.2) is 6.10 Å². The van der Waals surface area contributed by atoms with E-state index < -0.39 is 91.5 Å². The van der Waals surface area contributed by atoms with Crippen LogP contribution in [0.25, 0.3) is 0 Å². The minimum Gasteiger partial charge on any atom is -0.463 e. The van der Waals surface area contributed by atoms with Crippen LogP contribution in [0.15, 0.2) is 158 Å². The first-order valence-electron chi connectivity index (χ1n) is 46.8. The van der Waals surface area contributed by atoms with E-state index in [0.29, 0.717) is 19.3 Å². The second-order valence-electron chi connectivity index (χ2n) is 31.0. The van der Waals surface area contributed by atoms with Gasteiger partial charge in [-0.2, -0.15) is 0 Å². The Bertz CT molecular complexity index is 2760. The SMILES string of the molecule is CC/C=C\C/C=C\C/C=C\C/C=C\C/C=C\CCCCCCCCCCCCCCCC(=O)OCC(COP(=O)(O)OCC(O)COP(=O)(O)OCC(O)COC(=O)CCCCCCCCCCCCCCCCCCC/C=C\C/C=C\C/C=C\C/C=C\CCCCC)OC(=O)CCCCCCCC/C=C\C/C=C\C/C=C\C/C=C\CC. The smallest absolute Gasteiger partial charge is 0.463 e. The van der Waals surface area contributed by atoms with Crippen molar-refractivity contribution in [2.45, 2.75) is 411 Å². The highest BCUT2D eigenvalue weighted by Gasteiger charge is 2.29. The predicted octanol–water partition coefficient (Wildman–Crippen LogP) is 28.9. The first-order valence-corrected chi connectivity index (χ1v) is 49.8. The molecular formula is C99H170O16P2. The van der Waals surface area contributed by atoms with E-state index in [0.717, 1.165) is 167 Å². The molecule has 0 rings (SSSR count). The molecule has 0 bridgehead atoms. The zero-order valence-corrected chi connectivity index (χ0v) is 75.9. The van der Waals surface area contributed by atoms with E-state index in [1.807, 2.05) is 0 Å². The summed E-state index contributed by atoms with van der Waals surface area (Å²) >= 11 is 0. The highest BCUT2D eigenvalue weighted by Crippen LogP contribution is 2.45. The number of ether oxygens (including phenoxy) is 3. The fraction of sp³-hybridized carbons (Fsp3) is 0.707. The standard InChI is InChI=1S/C99H170O16P2/c1-4-7-10-13-16-19-22-25-28-31-34-36-38-40-42-44-45-46-47-49-51-52-54-56-59-61-64-67-70-73-76-79-82-85-97(102)109-88-94(100)89-111-116(105,106)112-90-95(101)91-113-117(107,108)114-93-96(115-99(104)87-84-81-78-75-72-69-66-63-58-33-30-27-24-21-18-15-12-9-6-3)92-110-98(103)86-83-80-77-74-71-68-65-62-60-57-55-53-50-48-43-41-39-37-35-32-29-26-23-20-17-14-11-8-5-2/h8-9,11-12,16-21,25-30,34-37,40-43,58,63,94-96,100-101H,4-7,10,13-15,22-24,31-33,38-39,44-57,59-62,64-93H2,1-3H3,(H,105,106)(H,107,108)/b11-8-,12-9-,19-16-,20-17-,21-18-,28-25-,29-26-,30-27-,36-34-,37-35-,42-40-,43-41-,63-58-. The number of hydrogen-bond acceptors (Lipinski definition) is 14. The monoisotopic (exact) mass is 1680 g/mol. The van der Waals surface area contributed by atoms with Gasteiger partial charge < -0.3 is 34.2 Å². The maximum Gasteiger partial charge on any atom is 0.472 e. The maximum atomic E-state index is 13.1. The molecule has 0 radical (unpaired) electrons. The number of phosphoric ester groups is 2. The third-order valence-electron chi connectivity index (χ3n) is 19.7. The van der Waals surface area contributed by atoms with Gasteiger partial charge in [0.1, 0.15) is 25.4 Å². The number of carbonyl (C=O) groups is 3. The zero-order valence-electron chi connectivity index (χ0n) is 74.1. The maximum absolute atomic E-state index is 13.1. The summed E-state index contributed by atoms with van der Waals surface area (Å²) in [6, 6.07) is 0. The summed E-state index contributed by atoms with van der Waals surface area (Å²) in [5.41, 5.74) is 0. The van der Waals surface area contributed by atoms with Gasteiger partial charge in [0.2, 0.25) is 0 Å². The Hall–Kier alpha value is -4.83. The van der Waals surface area contributed by atoms with Crippen molar-refractivity contribution < 1.29 is 75.8 Å². The van der Waals surface area contributed by atoms with E-state index in [2.05, 4.69) is 179 Å². The first-order chi connectivity index (χ1) is 57.2. The number of phosphoric acid groups is 2. The minimum absolute atomic E-state index is 0.0852. The molecule has 0 aromatic heterocycles. The van der Waals surface area contributed by atoms with Crippen LogP contribution < -0.4 is 0 Å². The molecule has 0 amide bonds. The van der Waals surface area contributed by atoms with Crippen molar-refractivity contribution in [2.24, 2.45) is 0 Å². The van der Waals surface area contributed by atoms with Crippen molar-refractivity contribution in [3.05, 3.63) is 158 Å². The van der Waals surface area contributed by atoms with Crippen molar-refractivity contribution in [3.63, 3.8) is 0 Å². The van der Waals surface area contributed by atoms with E-state index in [4.69, 9.17) is 32.3 Å². The van der Waals surface area contributed by atoms with Gasteiger partial charge in [-0.1, -0.05) is 384 Å². The zero-order chi connectivity index (χ0) is 85.1. The second kappa shape index (κ2) is 90.4. The number of hydrogen-bond donors (Lipinski definition) is 4. The van der Waals surface area contributed by atoms with Crippen LogP contribution in [-0.4, -0.2) is 95.9 Å². The number of rotatable bonds is 88. The number of aliphatic hydroxyl groups is 2. The molecule has 0 saturated heterocycles. The van der Waals surface area contributed by atoms with E-state index in [1.165, 1.54) is 167 Å². The molecule has 5 unspecified atom stereocenters. The molecule has 0 fully saturated rings. The Balaban J connectivity index is 4.53. The lowest BCUT2D eigenvalue weighted by Crippen LogP contribution is -2.30. The van der Waals surface area contributed by atoms with Crippen LogP contribution in [0.5, 0.6) is 0 Å². The van der Waals surface area contributed by atoms with Crippen LogP contribution in [0.1, 0.15) is 393 Å². The first kappa shape index (κ1) is 112. The highest BCUT2D eigenvalue weighted by atomic mass is 31.2. The van der Waals surface area contributed by atoms with Crippen LogP contribution in [0.4, 0.5) is 0 Å². The Labute approximate surface area is 714 Å². The van der Waals surface area contributed by atoms with Crippen molar-refractivity contribution in [3.8, 4) is 0 Å². The van der Waals surface area contributed by atoms with Crippen molar-refractivity contribution >= 4 is 33.6 Å². The lowest BCUT2D eigenvalue weighted by atomic mass is 10.0. The molecule has 0 aromatic rings. The average Bonchev–Trinajstić information content (AvgIpc) is 0.899. The molecule has 0 heterocycles. The summed E-state index contributed by atoms with van der Waals surface area (Å²) in [5, 5.41) is 20.7. The molecule has 0 aliphatic carbocycles. The molecular weight excluding hydrogens is 1510 g/mol. The van der Waals surface area contributed by atoms with Gasteiger partial charge in [0.05, 0.1) is 26.4 Å². The summed E-state index contributed by atoms with van der Waals surface area (Å²) in [6.07, 6.45) is 116. The van der Waals surface area contributed by atoms with Crippen LogP contribution in [0.2, 0.25) is 0 Å². The van der Waals surface area contributed by atoms with E-state index >= 15 is 0 Å². The van der Waals surface area contributed by atoms with Gasteiger partial charge in [-0.15, -0.1) is 0 Å². The summed E-state index contributed by atoms with van der Waals surface area (Å²) in [4.78, 5) is 59.0. The Morgan fingerprint density at radius 1 is 0.248 bits per heavy atom. The molecule has 0 aromatic carbocycles. The summed E-state index contributed by atoms with van der Waals surface area (Å²) in [5.74, 6) is -1.58. The number of esters is 3. The normalized spacial score (nSPS) is 14.5. The minimum atomic E-state index is -4.95. The second-order valence-corrected chi connectivity index (χ2v) is 34.0. The van der Waals surface area contributed by atoms with E-state index in [9.17, 15) is 43.5 Å². The van der Waals surface area contributed by atoms with Gasteiger partial charge in [-0.3, -0.25) is 32.5 Å². The van der Waals surface area contributed by atoms with Crippen LogP contribution in [0, 0.1) is 0 Å². The highest BCUT2D eigenvalue weighted by molar-refractivity contribution is 7.47. The molecule has 672 valence electrons. The van der Waals surface area contributed by atoms with Gasteiger partial charge in [-0.05, 0) is 148 Å². The van der Waals surface area contributed by atoms with Crippen molar-refractivity contribution in [1.29, 1.82) is 0 Å². The quantitative estimate of drug-likeness (QED) is 0.0146. The molecule has 117 heavy (non-hydrogen) atoms. The third-order valence-corrected chi connectivity index (χ3v) is 21.6. The molecule has 0 aliphatic heterocycles. The summed E-state index contributed by atoms with van der Waals surface area (Å²) < 4.78 is 61.5. The van der Waals surface area contributed by atoms with Crippen LogP contribution >= 0.6 is 15.6 Å². The fourth-order valence-corrected chi connectivity index (χ4v) is 14.3. The molecule has 16 nitrogen and oxygen atoms in total. The molecule has 0 spiro atoms. The number of carbonyl (C=O) groups excluding carboxylic acids is 3. The Morgan fingerprint density at radius 2 is 0.453 bits per heavy atom. The number of unbranched alkanes of at least 4 members (excludes halogenated alkanes) is 39. The summed E-state index contributed by atoms with van der Waals surface area (Å²) in [6.45, 7) is 2.46. The van der Waals surface area contributed by atoms with Gasteiger partial charge in [-0.25, -0.2) is 9.13 Å². The largest absolute Gasteiger partial charge is 0.472 e. The van der Waals surface area contributed by atoms with E-state index in [1.54, 1.807) is 0 Å². The lowest BCUT2D eigenvalue weighted by molar-refractivity contribution is -0.161. The Morgan fingerprint density at radius 3 is 0.718 bits per heavy atom. The van der Waals surface area contributed by atoms with Crippen LogP contribution in [-0.2, 0) is 55.8 Å². The summed E-state index contributed by atoms with van der Waals surface area (Å²) in [7, 11) is -9.81. The van der Waals surface area contributed by atoms with Crippen LogP contribution in [0.3, 0.4) is 0 Å². The van der Waals surface area contributed by atoms with Gasteiger partial charge >= 0.3 is 33.6 Å². The predicted molar refractivity (Wildman–Crippen MR) is 491 cm³/mol. The lowest BCUT2D eigenvalue weighted by Gasteiger charge is -2.21. The number of allylic oxidation sites excluding steroid dienone is 26. The number of aliphatic hydroxyl groups excluding tert-OH is 2. The fourth-order valence-electron chi connectivity index (χ4n) is 12.7. The molecule has 4 N–H and O–H groups in total. The van der Waals surface area contributed by atoms with Gasteiger partial charge in [0, 0.05) is 19.3 Å². The average molecular weight is 1680 g/mol. The van der Waals surface area contributed by atoms with Gasteiger partial charge in [0.25, 0.3) is 0 Å². The molecule has 5 atom stereocenters. The Kier molecular flexibility index (Phi) is 86.7. The molecule has 0 aliphatic rings. The van der Waals surface area contributed by atoms with Crippen molar-refractivity contribution in [1.82, 2.24) is 0 Å². The third kappa shape index (κ3) is 91.7. The van der Waals surface area contributed by atoms with E-state index in [-0.39, 0.29) is 19.3 Å². The topological polar surface area (TPSA) is 231 Å².